The first-order valence-corrected chi connectivity index (χ1v) is 5.38. The SMILES string of the molecule is CC.COc1cc2c(=O)[nH]ccc2cc1C. The lowest BCUT2D eigenvalue weighted by Crippen LogP contribution is -2.04. The molecule has 16 heavy (non-hydrogen) atoms. The van der Waals surface area contributed by atoms with Gasteiger partial charge in [-0.25, -0.2) is 0 Å². The van der Waals surface area contributed by atoms with Crippen LogP contribution in [0.3, 0.4) is 0 Å². The largest absolute Gasteiger partial charge is 0.496 e. The van der Waals surface area contributed by atoms with Crippen molar-refractivity contribution in [3.05, 3.63) is 40.3 Å². The van der Waals surface area contributed by atoms with Gasteiger partial charge in [0.05, 0.1) is 12.5 Å². The number of aromatic amines is 1. The Labute approximate surface area is 95.1 Å². The van der Waals surface area contributed by atoms with Crippen LogP contribution in [-0.4, -0.2) is 12.1 Å². The summed E-state index contributed by atoms with van der Waals surface area (Å²) in [5.74, 6) is 0.745. The van der Waals surface area contributed by atoms with Crippen LogP contribution in [-0.2, 0) is 0 Å². The molecule has 0 aliphatic rings. The lowest BCUT2D eigenvalue weighted by atomic mass is 10.1. The Morgan fingerprint density at radius 1 is 1.25 bits per heavy atom. The monoisotopic (exact) mass is 219 g/mol. The van der Waals surface area contributed by atoms with Gasteiger partial charge in [-0.1, -0.05) is 13.8 Å². The summed E-state index contributed by atoms with van der Waals surface area (Å²) in [4.78, 5) is 14.1. The number of pyridine rings is 1. The van der Waals surface area contributed by atoms with E-state index in [9.17, 15) is 4.79 Å². The Bertz CT molecular complexity index is 529. The molecule has 3 heteroatoms. The third-order valence-electron chi connectivity index (χ3n) is 2.29. The summed E-state index contributed by atoms with van der Waals surface area (Å²) in [5, 5.41) is 1.60. The second-order valence-electron chi connectivity index (χ2n) is 3.22. The first-order valence-electron chi connectivity index (χ1n) is 5.38. The number of aromatic nitrogens is 1. The molecule has 0 spiro atoms. The summed E-state index contributed by atoms with van der Waals surface area (Å²) >= 11 is 0. The Morgan fingerprint density at radius 2 is 1.94 bits per heavy atom. The van der Waals surface area contributed by atoms with E-state index in [-0.39, 0.29) is 5.56 Å². The molecular weight excluding hydrogens is 202 g/mol. The fraction of sp³-hybridized carbons (Fsp3) is 0.308. The van der Waals surface area contributed by atoms with Gasteiger partial charge >= 0.3 is 0 Å². The summed E-state index contributed by atoms with van der Waals surface area (Å²) in [6, 6.07) is 5.59. The maximum atomic E-state index is 11.4. The van der Waals surface area contributed by atoms with Gasteiger partial charge in [-0.2, -0.15) is 0 Å². The highest BCUT2D eigenvalue weighted by molar-refractivity contribution is 5.83. The van der Waals surface area contributed by atoms with Crippen LogP contribution < -0.4 is 10.3 Å². The van der Waals surface area contributed by atoms with Crippen LogP contribution in [0, 0.1) is 6.92 Å². The van der Waals surface area contributed by atoms with Gasteiger partial charge in [0.25, 0.3) is 5.56 Å². The van der Waals surface area contributed by atoms with Crippen LogP contribution >= 0.6 is 0 Å². The minimum Gasteiger partial charge on any atom is -0.496 e. The van der Waals surface area contributed by atoms with Crippen LogP contribution in [0.15, 0.2) is 29.2 Å². The van der Waals surface area contributed by atoms with Crippen molar-refractivity contribution >= 4 is 10.8 Å². The number of hydrogen-bond acceptors (Lipinski definition) is 2. The van der Waals surface area contributed by atoms with E-state index >= 15 is 0 Å². The quantitative estimate of drug-likeness (QED) is 0.801. The molecule has 0 saturated heterocycles. The summed E-state index contributed by atoms with van der Waals surface area (Å²) in [5.41, 5.74) is 0.950. The smallest absolute Gasteiger partial charge is 0.255 e. The number of methoxy groups -OCH3 is 1. The first-order chi connectivity index (χ1) is 7.72. The van der Waals surface area contributed by atoms with Crippen molar-refractivity contribution in [3.8, 4) is 5.75 Å². The summed E-state index contributed by atoms with van der Waals surface area (Å²) < 4.78 is 5.16. The predicted molar refractivity (Wildman–Crippen MR) is 67.2 cm³/mol. The molecule has 2 aromatic rings. The van der Waals surface area contributed by atoms with E-state index < -0.39 is 0 Å². The van der Waals surface area contributed by atoms with Crippen LogP contribution in [0.2, 0.25) is 0 Å². The van der Waals surface area contributed by atoms with Gasteiger partial charge in [0, 0.05) is 6.20 Å². The number of aryl methyl sites for hydroxylation is 1. The van der Waals surface area contributed by atoms with E-state index in [2.05, 4.69) is 4.98 Å². The summed E-state index contributed by atoms with van der Waals surface area (Å²) in [6.45, 7) is 5.96. The molecule has 2 rings (SSSR count). The molecule has 0 aliphatic heterocycles. The first kappa shape index (κ1) is 12.3. The molecule has 0 unspecified atom stereocenters. The van der Waals surface area contributed by atoms with E-state index in [1.165, 1.54) is 0 Å². The van der Waals surface area contributed by atoms with Crippen molar-refractivity contribution in [2.75, 3.05) is 7.11 Å². The average molecular weight is 219 g/mol. The highest BCUT2D eigenvalue weighted by Crippen LogP contribution is 2.22. The van der Waals surface area contributed by atoms with Crippen molar-refractivity contribution in [3.63, 3.8) is 0 Å². The Balaban J connectivity index is 0.000000606. The molecule has 1 aromatic carbocycles. The maximum absolute atomic E-state index is 11.4. The zero-order valence-corrected chi connectivity index (χ0v) is 10.1. The standard InChI is InChI=1S/C11H11NO2.C2H6/c1-7-5-8-3-4-12-11(13)9(8)6-10(7)14-2;1-2/h3-6H,1-2H3,(H,12,13);1-2H3. The molecule has 0 amide bonds. The molecule has 0 aliphatic carbocycles. The second-order valence-corrected chi connectivity index (χ2v) is 3.22. The molecule has 0 bridgehead atoms. The molecule has 0 radical (unpaired) electrons. The molecule has 3 nitrogen and oxygen atoms in total. The minimum absolute atomic E-state index is 0.0826. The number of ether oxygens (including phenoxy) is 1. The van der Waals surface area contributed by atoms with Crippen LogP contribution in [0.1, 0.15) is 19.4 Å². The highest BCUT2D eigenvalue weighted by Gasteiger charge is 2.03. The van der Waals surface area contributed by atoms with Gasteiger partial charge in [-0.15, -0.1) is 0 Å². The number of nitrogens with one attached hydrogen (secondary N) is 1. The predicted octanol–water partition coefficient (Wildman–Crippen LogP) is 2.87. The van der Waals surface area contributed by atoms with E-state index in [0.717, 1.165) is 16.7 Å². The zero-order chi connectivity index (χ0) is 12.1. The fourth-order valence-electron chi connectivity index (χ4n) is 1.55. The van der Waals surface area contributed by atoms with Gasteiger partial charge in [0.2, 0.25) is 0 Å². The highest BCUT2D eigenvalue weighted by atomic mass is 16.5. The van der Waals surface area contributed by atoms with Crippen molar-refractivity contribution in [2.24, 2.45) is 0 Å². The van der Waals surface area contributed by atoms with Crippen molar-refractivity contribution in [1.29, 1.82) is 0 Å². The number of benzene rings is 1. The van der Waals surface area contributed by atoms with Gasteiger partial charge in [0.1, 0.15) is 5.75 Å². The molecule has 0 saturated carbocycles. The number of hydrogen-bond donors (Lipinski definition) is 1. The second kappa shape index (κ2) is 5.35. The molecular formula is C13H17NO2. The zero-order valence-electron chi connectivity index (χ0n) is 10.1. The lowest BCUT2D eigenvalue weighted by molar-refractivity contribution is 0.412. The van der Waals surface area contributed by atoms with Gasteiger partial charge in [-0.05, 0) is 36.1 Å². The normalized spacial score (nSPS) is 9.50. The van der Waals surface area contributed by atoms with Gasteiger partial charge in [-0.3, -0.25) is 4.79 Å². The lowest BCUT2D eigenvalue weighted by Gasteiger charge is -2.05. The topological polar surface area (TPSA) is 42.1 Å². The van der Waals surface area contributed by atoms with E-state index in [4.69, 9.17) is 4.74 Å². The molecule has 1 heterocycles. The molecule has 0 fully saturated rings. The molecule has 86 valence electrons. The number of H-pyrrole nitrogens is 1. The van der Waals surface area contributed by atoms with Crippen molar-refractivity contribution in [2.45, 2.75) is 20.8 Å². The van der Waals surface area contributed by atoms with Crippen molar-refractivity contribution < 1.29 is 4.74 Å². The third kappa shape index (κ3) is 2.24. The number of rotatable bonds is 1. The average Bonchev–Trinajstić information content (AvgIpc) is 2.31. The summed E-state index contributed by atoms with van der Waals surface area (Å²) in [6.07, 6.45) is 1.65. The molecule has 0 atom stereocenters. The van der Waals surface area contributed by atoms with Crippen LogP contribution in [0.4, 0.5) is 0 Å². The fourth-order valence-corrected chi connectivity index (χ4v) is 1.55. The van der Waals surface area contributed by atoms with Crippen LogP contribution in [0.25, 0.3) is 10.8 Å². The van der Waals surface area contributed by atoms with Crippen LogP contribution in [0.5, 0.6) is 5.75 Å². The van der Waals surface area contributed by atoms with Gasteiger partial charge < -0.3 is 9.72 Å². The molecule has 1 aromatic heterocycles. The molecule has 1 N–H and O–H groups in total. The van der Waals surface area contributed by atoms with E-state index in [1.54, 1.807) is 19.4 Å². The minimum atomic E-state index is -0.0826. The van der Waals surface area contributed by atoms with E-state index in [1.807, 2.05) is 32.9 Å². The third-order valence-corrected chi connectivity index (χ3v) is 2.29. The summed E-state index contributed by atoms with van der Waals surface area (Å²) in [7, 11) is 1.60. The number of fused-ring (bicyclic) bond motifs is 1. The Hall–Kier alpha value is -1.77. The maximum Gasteiger partial charge on any atom is 0.255 e. The Morgan fingerprint density at radius 3 is 2.56 bits per heavy atom. The van der Waals surface area contributed by atoms with Gasteiger partial charge in [0.15, 0.2) is 0 Å². The van der Waals surface area contributed by atoms with E-state index in [0.29, 0.717) is 5.39 Å². The Kier molecular flexibility index (Phi) is 4.11. The van der Waals surface area contributed by atoms with Crippen molar-refractivity contribution in [1.82, 2.24) is 4.98 Å².